The van der Waals surface area contributed by atoms with Crippen molar-refractivity contribution in [1.29, 1.82) is 0 Å². The van der Waals surface area contributed by atoms with Crippen LogP contribution in [0.5, 0.6) is 0 Å². The third-order valence-electron chi connectivity index (χ3n) is 3.80. The fraction of sp³-hybridized carbons (Fsp3) is 0.529. The molecule has 0 bridgehead atoms. The minimum atomic E-state index is -4.05. The summed E-state index contributed by atoms with van der Waals surface area (Å²) in [6.07, 6.45) is -4.17. The van der Waals surface area contributed by atoms with Gasteiger partial charge in [-0.15, -0.1) is 0 Å². The molecule has 0 radical (unpaired) electrons. The number of carbonyl (C=O) groups excluding carboxylic acids is 2. The van der Waals surface area contributed by atoms with Gasteiger partial charge in [-0.05, 0) is 19.1 Å². The summed E-state index contributed by atoms with van der Waals surface area (Å²) in [7, 11) is -2.73. The van der Waals surface area contributed by atoms with Crippen LogP contribution in [0.2, 0.25) is 0 Å². The van der Waals surface area contributed by atoms with E-state index in [2.05, 4.69) is 0 Å². The zero-order valence-corrected chi connectivity index (χ0v) is 16.2. The molecule has 0 spiro atoms. The molecule has 1 aromatic rings. The van der Waals surface area contributed by atoms with E-state index >= 15 is 0 Å². The van der Waals surface area contributed by atoms with Crippen LogP contribution < -0.4 is 0 Å². The Bertz CT molecular complexity index is 772. The van der Waals surface area contributed by atoms with Gasteiger partial charge < -0.3 is 18.9 Å². The average molecular weight is 402 g/mol. The summed E-state index contributed by atoms with van der Waals surface area (Å²) < 4.78 is 50.6. The van der Waals surface area contributed by atoms with Gasteiger partial charge in [0.2, 0.25) is 0 Å². The van der Waals surface area contributed by atoms with Crippen LogP contribution in [-0.4, -0.2) is 58.7 Å². The van der Waals surface area contributed by atoms with E-state index in [0.29, 0.717) is 0 Å². The summed E-state index contributed by atoms with van der Waals surface area (Å²) in [6.45, 7) is 3.73. The molecule has 2 rings (SSSR count). The number of rotatable bonds is 7. The first kappa shape index (κ1) is 21.3. The van der Waals surface area contributed by atoms with Gasteiger partial charge in [0.25, 0.3) is 10.1 Å². The molecule has 0 N–H and O–H groups in total. The van der Waals surface area contributed by atoms with Crippen molar-refractivity contribution in [3.8, 4) is 0 Å². The van der Waals surface area contributed by atoms with E-state index in [1.807, 2.05) is 6.92 Å². The molecule has 1 fully saturated rings. The van der Waals surface area contributed by atoms with E-state index in [1.54, 1.807) is 12.1 Å². The van der Waals surface area contributed by atoms with Crippen LogP contribution in [0.4, 0.5) is 0 Å². The zero-order chi connectivity index (χ0) is 20.2. The number of esters is 2. The molecular formula is C17H22O9S. The van der Waals surface area contributed by atoms with Gasteiger partial charge in [-0.2, -0.15) is 8.42 Å². The standard InChI is InChI=1S/C17H22O9S/c1-10-5-7-13(8-6-10)27(20,21)23-9-14-15(24-11(2)18)16(25-12(3)19)17(22-4)26-14/h5-8,14-17H,9H2,1-4H3/t14-,15+,16-,17+/m1/s1. The number of benzene rings is 1. The normalized spacial score (nSPS) is 25.2. The molecule has 0 aliphatic carbocycles. The maximum absolute atomic E-state index is 12.3. The second-order valence-electron chi connectivity index (χ2n) is 5.98. The Hall–Kier alpha value is -2.01. The Morgan fingerprint density at radius 2 is 1.59 bits per heavy atom. The first-order valence-corrected chi connectivity index (χ1v) is 9.53. The van der Waals surface area contributed by atoms with Crippen molar-refractivity contribution in [2.24, 2.45) is 0 Å². The average Bonchev–Trinajstić information content (AvgIpc) is 2.89. The van der Waals surface area contributed by atoms with Crippen molar-refractivity contribution < 1.29 is 41.1 Å². The summed E-state index contributed by atoms with van der Waals surface area (Å²) >= 11 is 0. The van der Waals surface area contributed by atoms with E-state index in [-0.39, 0.29) is 4.90 Å². The van der Waals surface area contributed by atoms with Gasteiger partial charge >= 0.3 is 11.9 Å². The van der Waals surface area contributed by atoms with Crippen LogP contribution in [0, 0.1) is 6.92 Å². The highest BCUT2D eigenvalue weighted by atomic mass is 32.2. The van der Waals surface area contributed by atoms with Crippen molar-refractivity contribution in [1.82, 2.24) is 0 Å². The Balaban J connectivity index is 2.15. The van der Waals surface area contributed by atoms with Gasteiger partial charge in [0.05, 0.1) is 11.5 Å². The lowest BCUT2D eigenvalue weighted by molar-refractivity contribution is -0.180. The topological polar surface area (TPSA) is 114 Å². The SMILES string of the molecule is CO[C@H]1O[C@H](COS(=O)(=O)c2ccc(C)cc2)[C@H](OC(C)=O)[C@H]1OC(C)=O. The lowest BCUT2D eigenvalue weighted by Gasteiger charge is -2.22. The quantitative estimate of drug-likeness (QED) is 0.485. The second kappa shape index (κ2) is 8.79. The summed E-state index contributed by atoms with van der Waals surface area (Å²) in [4.78, 5) is 22.7. The van der Waals surface area contributed by atoms with Gasteiger partial charge in [0, 0.05) is 21.0 Å². The molecule has 0 saturated carbocycles. The predicted molar refractivity (Wildman–Crippen MR) is 91.1 cm³/mol. The van der Waals surface area contributed by atoms with E-state index in [1.165, 1.54) is 33.1 Å². The van der Waals surface area contributed by atoms with Gasteiger partial charge in [-0.3, -0.25) is 13.8 Å². The lowest BCUT2D eigenvalue weighted by Crippen LogP contribution is -2.41. The number of ether oxygens (including phenoxy) is 4. The Morgan fingerprint density at radius 3 is 2.11 bits per heavy atom. The fourth-order valence-electron chi connectivity index (χ4n) is 2.60. The molecule has 0 aromatic heterocycles. The maximum Gasteiger partial charge on any atom is 0.303 e. The number of hydrogen-bond donors (Lipinski definition) is 0. The number of methoxy groups -OCH3 is 1. The molecule has 27 heavy (non-hydrogen) atoms. The van der Waals surface area contributed by atoms with E-state index in [9.17, 15) is 18.0 Å². The molecule has 9 nitrogen and oxygen atoms in total. The highest BCUT2D eigenvalue weighted by molar-refractivity contribution is 7.86. The summed E-state index contributed by atoms with van der Waals surface area (Å²) in [5.74, 6) is -1.28. The summed E-state index contributed by atoms with van der Waals surface area (Å²) in [6, 6.07) is 6.12. The molecule has 0 unspecified atom stereocenters. The van der Waals surface area contributed by atoms with Crippen LogP contribution >= 0.6 is 0 Å². The molecule has 1 aliphatic heterocycles. The van der Waals surface area contributed by atoms with Gasteiger partial charge in [-0.1, -0.05) is 17.7 Å². The van der Waals surface area contributed by atoms with Crippen LogP contribution in [0.3, 0.4) is 0 Å². The van der Waals surface area contributed by atoms with Gasteiger partial charge in [0.1, 0.15) is 6.10 Å². The van der Waals surface area contributed by atoms with Crippen molar-refractivity contribution in [3.63, 3.8) is 0 Å². The third-order valence-corrected chi connectivity index (χ3v) is 5.10. The molecule has 1 aliphatic rings. The van der Waals surface area contributed by atoms with Crippen molar-refractivity contribution in [3.05, 3.63) is 29.8 Å². The highest BCUT2D eigenvalue weighted by Gasteiger charge is 2.50. The van der Waals surface area contributed by atoms with Crippen LogP contribution in [0.1, 0.15) is 19.4 Å². The van der Waals surface area contributed by atoms with Crippen LogP contribution in [0.15, 0.2) is 29.2 Å². The Kier molecular flexibility index (Phi) is 6.93. The highest BCUT2D eigenvalue weighted by Crippen LogP contribution is 2.28. The maximum atomic E-state index is 12.3. The molecule has 0 amide bonds. The summed E-state index contributed by atoms with van der Waals surface area (Å²) in [5, 5.41) is 0. The van der Waals surface area contributed by atoms with Crippen LogP contribution in [-0.2, 0) is 42.8 Å². The molecule has 1 saturated heterocycles. The number of hydrogen-bond acceptors (Lipinski definition) is 9. The summed E-state index contributed by atoms with van der Waals surface area (Å²) in [5.41, 5.74) is 0.898. The molecule has 4 atom stereocenters. The minimum Gasteiger partial charge on any atom is -0.455 e. The zero-order valence-electron chi connectivity index (χ0n) is 15.4. The van der Waals surface area contributed by atoms with E-state index in [4.69, 9.17) is 23.1 Å². The Labute approximate surface area is 157 Å². The van der Waals surface area contributed by atoms with Crippen molar-refractivity contribution in [2.75, 3.05) is 13.7 Å². The van der Waals surface area contributed by atoms with Crippen molar-refractivity contribution >= 4 is 22.1 Å². The monoisotopic (exact) mass is 402 g/mol. The number of aryl methyl sites for hydroxylation is 1. The first-order chi connectivity index (χ1) is 12.6. The third kappa shape index (κ3) is 5.48. The first-order valence-electron chi connectivity index (χ1n) is 8.13. The fourth-order valence-corrected chi connectivity index (χ4v) is 3.51. The van der Waals surface area contributed by atoms with Crippen LogP contribution in [0.25, 0.3) is 0 Å². The predicted octanol–water partition coefficient (Wildman–Crippen LogP) is 0.935. The minimum absolute atomic E-state index is 0.0186. The van der Waals surface area contributed by atoms with Crippen molar-refractivity contribution in [2.45, 2.75) is 50.3 Å². The van der Waals surface area contributed by atoms with Gasteiger partial charge in [0.15, 0.2) is 18.5 Å². The second-order valence-corrected chi connectivity index (χ2v) is 7.59. The molecular weight excluding hydrogens is 380 g/mol. The lowest BCUT2D eigenvalue weighted by atomic mass is 10.1. The molecule has 1 aromatic carbocycles. The largest absolute Gasteiger partial charge is 0.455 e. The smallest absolute Gasteiger partial charge is 0.303 e. The molecule has 150 valence electrons. The molecule has 10 heteroatoms. The Morgan fingerprint density at radius 1 is 1.04 bits per heavy atom. The van der Waals surface area contributed by atoms with E-state index < -0.39 is 53.3 Å². The van der Waals surface area contributed by atoms with E-state index in [0.717, 1.165) is 5.56 Å². The van der Waals surface area contributed by atoms with Gasteiger partial charge in [-0.25, -0.2) is 0 Å². The molecule has 1 heterocycles. The number of carbonyl (C=O) groups is 2.